The third-order valence-electron chi connectivity index (χ3n) is 2.74. The molecule has 0 unspecified atom stereocenters. The van der Waals surface area contributed by atoms with Gasteiger partial charge in [-0.25, -0.2) is 0 Å². The van der Waals surface area contributed by atoms with Crippen LogP contribution in [-0.4, -0.2) is 18.4 Å². The van der Waals surface area contributed by atoms with Gasteiger partial charge in [0.1, 0.15) is 0 Å². The number of hydrogen-bond acceptors (Lipinski definition) is 2. The van der Waals surface area contributed by atoms with Crippen molar-refractivity contribution in [1.29, 1.82) is 0 Å². The summed E-state index contributed by atoms with van der Waals surface area (Å²) in [5.41, 5.74) is 1.83. The van der Waals surface area contributed by atoms with Crippen molar-refractivity contribution in [3.63, 3.8) is 0 Å². The predicted molar refractivity (Wildman–Crippen MR) is 76.9 cm³/mol. The summed E-state index contributed by atoms with van der Waals surface area (Å²) < 4.78 is 0.951. The number of anilines is 1. The first kappa shape index (κ1) is 14.2. The fourth-order valence-electron chi connectivity index (χ4n) is 1.94. The standard InChI is InChI=1S/C14H20BrNO/c1-5-8-16(10(2)3)14-7-6-12(15)9-13(14)11(4)17/h6-7,9-10H,5,8H2,1-4H3. The van der Waals surface area contributed by atoms with Gasteiger partial charge in [-0.05, 0) is 45.4 Å². The molecule has 0 radical (unpaired) electrons. The smallest absolute Gasteiger partial charge is 0.161 e. The molecule has 0 aliphatic carbocycles. The lowest BCUT2D eigenvalue weighted by molar-refractivity contribution is 0.101. The van der Waals surface area contributed by atoms with Crippen LogP contribution >= 0.6 is 15.9 Å². The van der Waals surface area contributed by atoms with Gasteiger partial charge in [-0.1, -0.05) is 22.9 Å². The van der Waals surface area contributed by atoms with Gasteiger partial charge in [-0.3, -0.25) is 4.79 Å². The van der Waals surface area contributed by atoms with Gasteiger partial charge in [0.2, 0.25) is 0 Å². The molecular weight excluding hydrogens is 278 g/mol. The second-order valence-electron chi connectivity index (χ2n) is 4.50. The zero-order valence-electron chi connectivity index (χ0n) is 11.0. The highest BCUT2D eigenvalue weighted by Gasteiger charge is 2.16. The maximum Gasteiger partial charge on any atom is 0.161 e. The molecule has 1 aromatic carbocycles. The van der Waals surface area contributed by atoms with E-state index in [2.05, 4.69) is 41.6 Å². The molecule has 0 fully saturated rings. The van der Waals surface area contributed by atoms with Crippen LogP contribution in [0.25, 0.3) is 0 Å². The molecule has 2 nitrogen and oxygen atoms in total. The van der Waals surface area contributed by atoms with Crippen LogP contribution in [0, 0.1) is 0 Å². The molecule has 1 rings (SSSR count). The maximum atomic E-state index is 11.7. The van der Waals surface area contributed by atoms with E-state index in [1.165, 1.54) is 0 Å². The van der Waals surface area contributed by atoms with Crippen LogP contribution in [0.1, 0.15) is 44.5 Å². The van der Waals surface area contributed by atoms with E-state index >= 15 is 0 Å². The number of carbonyl (C=O) groups is 1. The van der Waals surface area contributed by atoms with Crippen LogP contribution in [0.15, 0.2) is 22.7 Å². The molecule has 0 aliphatic heterocycles. The van der Waals surface area contributed by atoms with Crippen LogP contribution in [0.4, 0.5) is 5.69 Å². The number of nitrogens with zero attached hydrogens (tertiary/aromatic N) is 1. The summed E-state index contributed by atoms with van der Waals surface area (Å²) in [6.45, 7) is 9.06. The van der Waals surface area contributed by atoms with Crippen molar-refractivity contribution >= 4 is 27.4 Å². The Morgan fingerprint density at radius 2 is 2.06 bits per heavy atom. The van der Waals surface area contributed by atoms with Gasteiger partial charge in [0.25, 0.3) is 0 Å². The van der Waals surface area contributed by atoms with Crippen molar-refractivity contribution in [2.75, 3.05) is 11.4 Å². The average Bonchev–Trinajstić information content (AvgIpc) is 2.26. The molecule has 0 spiro atoms. The highest BCUT2D eigenvalue weighted by Crippen LogP contribution is 2.26. The third-order valence-corrected chi connectivity index (χ3v) is 3.23. The average molecular weight is 298 g/mol. The SMILES string of the molecule is CCCN(c1ccc(Br)cc1C(C)=O)C(C)C. The highest BCUT2D eigenvalue weighted by atomic mass is 79.9. The van der Waals surface area contributed by atoms with Gasteiger partial charge in [0, 0.05) is 28.3 Å². The van der Waals surface area contributed by atoms with E-state index in [-0.39, 0.29) is 5.78 Å². The third kappa shape index (κ3) is 3.56. The van der Waals surface area contributed by atoms with E-state index in [1.807, 2.05) is 18.2 Å². The highest BCUT2D eigenvalue weighted by molar-refractivity contribution is 9.10. The lowest BCUT2D eigenvalue weighted by Crippen LogP contribution is -2.32. The summed E-state index contributed by atoms with van der Waals surface area (Å²) in [5.74, 6) is 0.114. The Bertz CT molecular complexity index is 401. The molecule has 0 saturated heterocycles. The van der Waals surface area contributed by atoms with Crippen molar-refractivity contribution in [3.05, 3.63) is 28.2 Å². The monoisotopic (exact) mass is 297 g/mol. The Morgan fingerprint density at radius 3 is 2.53 bits per heavy atom. The molecule has 0 saturated carbocycles. The molecule has 0 heterocycles. The first-order valence-electron chi connectivity index (χ1n) is 6.04. The Hall–Kier alpha value is -0.830. The Labute approximate surface area is 112 Å². The zero-order chi connectivity index (χ0) is 13.0. The van der Waals surface area contributed by atoms with E-state index < -0.39 is 0 Å². The molecule has 94 valence electrons. The summed E-state index contributed by atoms with van der Waals surface area (Å²) in [6, 6.07) is 6.32. The van der Waals surface area contributed by atoms with Gasteiger partial charge >= 0.3 is 0 Å². The minimum absolute atomic E-state index is 0.114. The number of Topliss-reactive ketones (excluding diaryl/α,β-unsaturated/α-hetero) is 1. The Morgan fingerprint density at radius 1 is 1.41 bits per heavy atom. The molecular formula is C14H20BrNO. The van der Waals surface area contributed by atoms with Crippen LogP contribution < -0.4 is 4.90 Å². The van der Waals surface area contributed by atoms with Gasteiger partial charge in [-0.15, -0.1) is 0 Å². The second kappa shape index (κ2) is 6.20. The maximum absolute atomic E-state index is 11.7. The molecule has 0 N–H and O–H groups in total. The predicted octanol–water partition coefficient (Wildman–Crippen LogP) is 4.28. The van der Waals surface area contributed by atoms with Crippen molar-refractivity contribution in [2.45, 2.75) is 40.2 Å². The van der Waals surface area contributed by atoms with E-state index in [0.29, 0.717) is 6.04 Å². The number of benzene rings is 1. The van der Waals surface area contributed by atoms with Crippen LogP contribution in [0.2, 0.25) is 0 Å². The molecule has 3 heteroatoms. The van der Waals surface area contributed by atoms with Crippen LogP contribution in [0.5, 0.6) is 0 Å². The first-order chi connectivity index (χ1) is 7.97. The summed E-state index contributed by atoms with van der Waals surface area (Å²) in [4.78, 5) is 14.0. The first-order valence-corrected chi connectivity index (χ1v) is 6.83. The normalized spacial score (nSPS) is 10.7. The Balaban J connectivity index is 3.22. The topological polar surface area (TPSA) is 20.3 Å². The molecule has 0 atom stereocenters. The van der Waals surface area contributed by atoms with Gasteiger partial charge in [-0.2, -0.15) is 0 Å². The Kier molecular flexibility index (Phi) is 5.19. The minimum atomic E-state index is 0.114. The zero-order valence-corrected chi connectivity index (χ0v) is 12.5. The van der Waals surface area contributed by atoms with Crippen LogP contribution in [-0.2, 0) is 0 Å². The van der Waals surface area contributed by atoms with Gasteiger partial charge in [0.05, 0.1) is 0 Å². The van der Waals surface area contributed by atoms with Crippen molar-refractivity contribution < 1.29 is 4.79 Å². The summed E-state index contributed by atoms with van der Waals surface area (Å²) >= 11 is 3.42. The van der Waals surface area contributed by atoms with Crippen molar-refractivity contribution in [2.24, 2.45) is 0 Å². The lowest BCUT2D eigenvalue weighted by Gasteiger charge is -2.30. The molecule has 0 bridgehead atoms. The van der Waals surface area contributed by atoms with E-state index in [9.17, 15) is 4.79 Å². The van der Waals surface area contributed by atoms with Gasteiger partial charge < -0.3 is 4.90 Å². The molecule has 0 amide bonds. The number of rotatable bonds is 5. The fourth-order valence-corrected chi connectivity index (χ4v) is 2.30. The van der Waals surface area contributed by atoms with E-state index in [0.717, 1.165) is 28.7 Å². The van der Waals surface area contributed by atoms with Crippen LogP contribution in [0.3, 0.4) is 0 Å². The molecule has 17 heavy (non-hydrogen) atoms. The second-order valence-corrected chi connectivity index (χ2v) is 5.42. The van der Waals surface area contributed by atoms with E-state index in [1.54, 1.807) is 6.92 Å². The van der Waals surface area contributed by atoms with E-state index in [4.69, 9.17) is 0 Å². The fraction of sp³-hybridized carbons (Fsp3) is 0.500. The summed E-state index contributed by atoms with van der Waals surface area (Å²) in [5, 5.41) is 0. The minimum Gasteiger partial charge on any atom is -0.369 e. The number of carbonyl (C=O) groups excluding carboxylic acids is 1. The number of hydrogen-bond donors (Lipinski definition) is 0. The van der Waals surface area contributed by atoms with Gasteiger partial charge in [0.15, 0.2) is 5.78 Å². The lowest BCUT2D eigenvalue weighted by atomic mass is 10.1. The van der Waals surface area contributed by atoms with Crippen molar-refractivity contribution in [1.82, 2.24) is 0 Å². The van der Waals surface area contributed by atoms with Crippen molar-refractivity contribution in [3.8, 4) is 0 Å². The molecule has 0 aromatic heterocycles. The largest absolute Gasteiger partial charge is 0.369 e. The molecule has 1 aromatic rings. The number of halogens is 1. The molecule has 0 aliphatic rings. The summed E-state index contributed by atoms with van der Waals surface area (Å²) in [7, 11) is 0. The number of ketones is 1. The quantitative estimate of drug-likeness (QED) is 0.756. The summed E-state index contributed by atoms with van der Waals surface area (Å²) in [6.07, 6.45) is 1.07.